The van der Waals surface area contributed by atoms with Gasteiger partial charge in [0.25, 0.3) is 11.8 Å². The molecule has 0 bridgehead atoms. The minimum atomic E-state index is -0.381. The van der Waals surface area contributed by atoms with Gasteiger partial charge in [-0.15, -0.1) is 5.10 Å². The number of benzene rings is 3. The molecule has 7 nitrogen and oxygen atoms in total. The molecular weight excluding hydrogens is 438 g/mol. The van der Waals surface area contributed by atoms with E-state index in [1.807, 2.05) is 36.4 Å². The maximum atomic E-state index is 13.0. The average molecular weight is 458 g/mol. The highest BCUT2D eigenvalue weighted by molar-refractivity contribution is 6.30. The number of aromatic nitrogens is 3. The standard InChI is InChI=1S/C25H20ClN5O2/c1-16-23(28-29-31(16)21-7-4-6-19(26)15-21)24(32)27-20-11-9-18(10-12-20)25(33)30-14-13-17-5-2-3-8-22(17)30/h2-12,15H,13-14H2,1H3,(H,27,32). The molecule has 1 aliphatic heterocycles. The number of para-hydroxylation sites is 1. The van der Waals surface area contributed by atoms with Gasteiger partial charge in [-0.3, -0.25) is 9.59 Å². The number of fused-ring (bicyclic) bond motifs is 1. The molecule has 4 aromatic rings. The van der Waals surface area contributed by atoms with E-state index in [2.05, 4.69) is 15.6 Å². The molecule has 1 N–H and O–H groups in total. The molecule has 1 aliphatic rings. The Bertz CT molecular complexity index is 1360. The first kappa shape index (κ1) is 20.9. The van der Waals surface area contributed by atoms with Gasteiger partial charge in [0.1, 0.15) is 0 Å². The Kier molecular flexibility index (Phi) is 5.40. The predicted molar refractivity (Wildman–Crippen MR) is 127 cm³/mol. The fourth-order valence-electron chi connectivity index (χ4n) is 3.98. The van der Waals surface area contributed by atoms with Crippen molar-refractivity contribution >= 4 is 34.8 Å². The maximum absolute atomic E-state index is 13.0. The summed E-state index contributed by atoms with van der Waals surface area (Å²) in [7, 11) is 0. The van der Waals surface area contributed by atoms with Crippen LogP contribution in [0.5, 0.6) is 0 Å². The van der Waals surface area contributed by atoms with Crippen molar-refractivity contribution in [3.05, 3.63) is 100 Å². The number of carbonyl (C=O) groups excluding carboxylic acids is 2. The summed E-state index contributed by atoms with van der Waals surface area (Å²) in [4.78, 5) is 27.6. The highest BCUT2D eigenvalue weighted by Gasteiger charge is 2.25. The largest absolute Gasteiger partial charge is 0.321 e. The van der Waals surface area contributed by atoms with Gasteiger partial charge in [-0.05, 0) is 67.4 Å². The van der Waals surface area contributed by atoms with E-state index in [9.17, 15) is 9.59 Å². The zero-order valence-electron chi connectivity index (χ0n) is 17.8. The molecule has 2 amide bonds. The summed E-state index contributed by atoms with van der Waals surface area (Å²) in [6.07, 6.45) is 0.852. The van der Waals surface area contributed by atoms with Gasteiger partial charge >= 0.3 is 0 Å². The molecule has 0 atom stereocenters. The number of anilines is 2. The summed E-state index contributed by atoms with van der Waals surface area (Å²) in [5, 5.41) is 11.5. The number of hydrogen-bond acceptors (Lipinski definition) is 4. The van der Waals surface area contributed by atoms with Crippen LogP contribution < -0.4 is 10.2 Å². The zero-order valence-corrected chi connectivity index (χ0v) is 18.6. The quantitative estimate of drug-likeness (QED) is 0.482. The number of nitrogens with one attached hydrogen (secondary N) is 1. The first-order valence-corrected chi connectivity index (χ1v) is 10.9. The van der Waals surface area contributed by atoms with E-state index >= 15 is 0 Å². The molecule has 0 saturated carbocycles. The number of halogens is 1. The Morgan fingerprint density at radius 3 is 2.58 bits per heavy atom. The fourth-order valence-corrected chi connectivity index (χ4v) is 4.17. The van der Waals surface area contributed by atoms with E-state index in [1.165, 1.54) is 5.56 Å². The zero-order chi connectivity index (χ0) is 22.9. The molecule has 5 rings (SSSR count). The fraction of sp³-hybridized carbons (Fsp3) is 0.120. The Labute approximate surface area is 195 Å². The second-order valence-corrected chi connectivity index (χ2v) is 8.22. The normalized spacial score (nSPS) is 12.5. The van der Waals surface area contributed by atoms with Crippen molar-refractivity contribution in [1.82, 2.24) is 15.0 Å². The lowest BCUT2D eigenvalue weighted by Gasteiger charge is -2.17. The van der Waals surface area contributed by atoms with Crippen molar-refractivity contribution in [3.63, 3.8) is 0 Å². The van der Waals surface area contributed by atoms with Crippen molar-refractivity contribution in [2.75, 3.05) is 16.8 Å². The molecule has 0 fully saturated rings. The first-order valence-electron chi connectivity index (χ1n) is 10.5. The van der Waals surface area contributed by atoms with Crippen LogP contribution in [0.15, 0.2) is 72.8 Å². The monoisotopic (exact) mass is 457 g/mol. The van der Waals surface area contributed by atoms with Crippen molar-refractivity contribution in [3.8, 4) is 5.69 Å². The lowest BCUT2D eigenvalue weighted by Crippen LogP contribution is -2.28. The van der Waals surface area contributed by atoms with Gasteiger partial charge in [0, 0.05) is 28.5 Å². The number of rotatable bonds is 4. The Morgan fingerprint density at radius 2 is 1.79 bits per heavy atom. The van der Waals surface area contributed by atoms with E-state index in [-0.39, 0.29) is 17.5 Å². The Morgan fingerprint density at radius 1 is 1.00 bits per heavy atom. The van der Waals surface area contributed by atoms with Crippen LogP contribution in [-0.4, -0.2) is 33.4 Å². The van der Waals surface area contributed by atoms with Crippen LogP contribution in [0.4, 0.5) is 11.4 Å². The van der Waals surface area contributed by atoms with Crippen LogP contribution >= 0.6 is 11.6 Å². The van der Waals surface area contributed by atoms with Gasteiger partial charge in [0.15, 0.2) is 5.69 Å². The molecule has 1 aromatic heterocycles. The third-order valence-corrected chi connectivity index (χ3v) is 5.92. The SMILES string of the molecule is Cc1c(C(=O)Nc2ccc(C(=O)N3CCc4ccccc43)cc2)nnn1-c1cccc(Cl)c1. The smallest absolute Gasteiger partial charge is 0.278 e. The minimum absolute atomic E-state index is 0.0573. The molecule has 0 spiro atoms. The number of amides is 2. The van der Waals surface area contributed by atoms with Crippen LogP contribution in [0, 0.1) is 6.92 Å². The van der Waals surface area contributed by atoms with Crippen LogP contribution in [-0.2, 0) is 6.42 Å². The predicted octanol–water partition coefficient (Wildman–Crippen LogP) is 4.68. The van der Waals surface area contributed by atoms with Gasteiger partial charge in [-0.2, -0.15) is 0 Å². The van der Waals surface area contributed by atoms with Crippen molar-refractivity contribution in [2.24, 2.45) is 0 Å². The van der Waals surface area contributed by atoms with Gasteiger partial charge in [-0.1, -0.05) is 41.1 Å². The summed E-state index contributed by atoms with van der Waals surface area (Å²) in [5.41, 5.74) is 4.79. The van der Waals surface area contributed by atoms with Gasteiger partial charge < -0.3 is 10.2 Å². The maximum Gasteiger partial charge on any atom is 0.278 e. The summed E-state index contributed by atoms with van der Waals surface area (Å²) < 4.78 is 1.57. The molecule has 0 unspecified atom stereocenters. The molecule has 164 valence electrons. The van der Waals surface area contributed by atoms with Crippen LogP contribution in [0.2, 0.25) is 5.02 Å². The summed E-state index contributed by atoms with van der Waals surface area (Å²) >= 11 is 6.06. The lowest BCUT2D eigenvalue weighted by atomic mass is 10.1. The van der Waals surface area contributed by atoms with E-state index in [0.717, 1.165) is 17.8 Å². The van der Waals surface area contributed by atoms with E-state index in [1.54, 1.807) is 52.9 Å². The molecule has 3 aromatic carbocycles. The Balaban J connectivity index is 1.30. The van der Waals surface area contributed by atoms with E-state index in [0.29, 0.717) is 28.5 Å². The average Bonchev–Trinajstić information content (AvgIpc) is 3.43. The molecule has 33 heavy (non-hydrogen) atoms. The molecular formula is C25H20ClN5O2. The van der Waals surface area contributed by atoms with Gasteiger partial charge in [0.2, 0.25) is 0 Å². The second kappa shape index (κ2) is 8.52. The number of nitrogens with zero attached hydrogens (tertiary/aromatic N) is 4. The highest BCUT2D eigenvalue weighted by Crippen LogP contribution is 2.29. The summed E-state index contributed by atoms with van der Waals surface area (Å²) in [5.74, 6) is -0.438. The number of carbonyl (C=O) groups is 2. The molecule has 8 heteroatoms. The molecule has 0 aliphatic carbocycles. The van der Waals surface area contributed by atoms with Crippen molar-refractivity contribution in [1.29, 1.82) is 0 Å². The molecule has 0 saturated heterocycles. The van der Waals surface area contributed by atoms with Crippen molar-refractivity contribution in [2.45, 2.75) is 13.3 Å². The first-order chi connectivity index (χ1) is 16.0. The number of hydrogen-bond donors (Lipinski definition) is 1. The summed E-state index contributed by atoms with van der Waals surface area (Å²) in [6.45, 7) is 2.43. The van der Waals surface area contributed by atoms with Crippen LogP contribution in [0.25, 0.3) is 5.69 Å². The van der Waals surface area contributed by atoms with Crippen LogP contribution in [0.1, 0.15) is 32.1 Å². The van der Waals surface area contributed by atoms with Gasteiger partial charge in [0.05, 0.1) is 11.4 Å². The van der Waals surface area contributed by atoms with E-state index in [4.69, 9.17) is 11.6 Å². The third-order valence-electron chi connectivity index (χ3n) is 5.68. The van der Waals surface area contributed by atoms with Gasteiger partial charge in [-0.25, -0.2) is 4.68 Å². The lowest BCUT2D eigenvalue weighted by molar-refractivity contribution is 0.0988. The van der Waals surface area contributed by atoms with E-state index < -0.39 is 0 Å². The molecule has 0 radical (unpaired) electrons. The summed E-state index contributed by atoms with van der Waals surface area (Å²) in [6, 6.07) is 22.0. The topological polar surface area (TPSA) is 80.1 Å². The third kappa shape index (κ3) is 3.99. The molecule has 2 heterocycles. The highest BCUT2D eigenvalue weighted by atomic mass is 35.5. The Hall–Kier alpha value is -3.97. The second-order valence-electron chi connectivity index (χ2n) is 7.78. The van der Waals surface area contributed by atoms with Crippen molar-refractivity contribution < 1.29 is 9.59 Å². The minimum Gasteiger partial charge on any atom is -0.321 e. The van der Waals surface area contributed by atoms with Crippen LogP contribution in [0.3, 0.4) is 0 Å².